The molecular weight excluding hydrogens is 2230 g/mol. The van der Waals surface area contributed by atoms with E-state index in [9.17, 15) is 0 Å². The van der Waals surface area contributed by atoms with Gasteiger partial charge in [-0.15, -0.1) is 70.8 Å². The monoisotopic (exact) mass is 2320 g/mol. The first kappa shape index (κ1) is 89.2. The molecule has 0 amide bonds. The second-order valence-electron chi connectivity index (χ2n) is 28.3. The van der Waals surface area contributed by atoms with E-state index >= 15 is 0 Å². The summed E-state index contributed by atoms with van der Waals surface area (Å²) in [6.45, 7) is 0. The predicted octanol–water partition coefficient (Wildman–Crippen LogP) is 21.3. The zero-order valence-corrected chi connectivity index (χ0v) is 77.3. The van der Waals surface area contributed by atoms with Gasteiger partial charge in [-0.3, -0.25) is 23.7 Å². The van der Waals surface area contributed by atoms with Crippen molar-refractivity contribution in [2.24, 2.45) is 0 Å². The third-order valence-electron chi connectivity index (χ3n) is 21.9. The third kappa shape index (κ3) is 19.8. The molecule has 0 unspecified atom stereocenters. The van der Waals surface area contributed by atoms with Crippen LogP contribution in [0.15, 0.2) is 437 Å². The van der Waals surface area contributed by atoms with Gasteiger partial charge in [0, 0.05) is 0 Å². The van der Waals surface area contributed by atoms with Gasteiger partial charge in [-0.05, 0) is 164 Å². The maximum atomic E-state index is 7.69. The summed E-state index contributed by atoms with van der Waals surface area (Å²) in [6.07, 6.45) is 35.6. The number of benzene rings is 16. The van der Waals surface area contributed by atoms with Crippen LogP contribution < -0.4 is 42.4 Å². The number of fused-ring (bicyclic) bond motifs is 6. The Bertz CT molecular complexity index is 5250. The van der Waals surface area contributed by atoms with E-state index in [4.69, 9.17) is 25.7 Å². The van der Waals surface area contributed by atoms with Crippen LogP contribution in [0.5, 0.6) is 0 Å². The summed E-state index contributed by atoms with van der Waals surface area (Å²) in [5, 5.41) is 12.1. The Morgan fingerprint density at radius 1 is 0.178 bits per heavy atom. The van der Waals surface area contributed by atoms with E-state index in [1.165, 1.54) is 100 Å². The fraction of sp³-hybridized carbons (Fsp3) is 0.0545. The quantitative estimate of drug-likeness (QED) is 0.0348. The van der Waals surface area contributed by atoms with E-state index in [1.807, 2.05) is 60.7 Å². The fourth-order valence-electron chi connectivity index (χ4n) is 16.7. The Labute approximate surface area is 766 Å². The van der Waals surface area contributed by atoms with Gasteiger partial charge >= 0.3 is 89.5 Å². The Kier molecular flexibility index (Phi) is 33.2. The molecule has 0 saturated heterocycles. The Balaban J connectivity index is 0.000000153. The smallest absolute Gasteiger partial charge is 0.366 e. The molecule has 2 aliphatic carbocycles. The van der Waals surface area contributed by atoms with Crippen molar-refractivity contribution in [1.82, 2.24) is 0 Å². The van der Waals surface area contributed by atoms with E-state index in [0.717, 1.165) is 55.6 Å². The summed E-state index contributed by atoms with van der Waals surface area (Å²) in [6, 6.07) is 156. The molecule has 118 heavy (non-hydrogen) atoms. The van der Waals surface area contributed by atoms with Crippen molar-refractivity contribution in [1.29, 1.82) is 0 Å². The van der Waals surface area contributed by atoms with E-state index in [0.29, 0.717) is 0 Å². The van der Waals surface area contributed by atoms with Crippen molar-refractivity contribution in [3.8, 4) is 45.9 Å². The molecule has 8 heteroatoms. The average molecular weight is 2320 g/mol. The number of hydrogen-bond acceptors (Lipinski definition) is 0. The zero-order chi connectivity index (χ0) is 77.7. The van der Waals surface area contributed by atoms with Crippen LogP contribution >= 0.6 is 31.7 Å². The van der Waals surface area contributed by atoms with Crippen LogP contribution in [0.1, 0.15) is 66.8 Å². The molecule has 16 aromatic rings. The van der Waals surface area contributed by atoms with Crippen LogP contribution in [0.25, 0.3) is 22.3 Å². The molecule has 0 spiro atoms. The second-order valence-corrected chi connectivity index (χ2v) is 38.8. The third-order valence-corrected chi connectivity index (χ3v) is 34.1. The first-order valence-corrected chi connectivity index (χ1v) is 45.6. The van der Waals surface area contributed by atoms with Gasteiger partial charge < -0.3 is 25.7 Å². The van der Waals surface area contributed by atoms with Crippen molar-refractivity contribution in [3.63, 3.8) is 0 Å². The second kappa shape index (κ2) is 43.9. The van der Waals surface area contributed by atoms with E-state index < -0.39 is 42.5 Å². The molecule has 2 aliphatic rings. The minimum atomic E-state index is -0.783. The molecule has 0 N–H and O–H groups in total. The first-order chi connectivity index (χ1) is 56.4. The Hall–Kier alpha value is -9.56. The molecule has 584 valence electrons. The first-order valence-electron chi connectivity index (χ1n) is 38.8. The van der Waals surface area contributed by atoms with Crippen LogP contribution in [0.2, 0.25) is 0 Å². The summed E-state index contributed by atoms with van der Waals surface area (Å²) in [5.41, 5.74) is 15.9. The summed E-state index contributed by atoms with van der Waals surface area (Å²) >= 11 is 0. The van der Waals surface area contributed by atoms with Crippen LogP contribution in [-0.4, -0.2) is 24.6 Å². The minimum absolute atomic E-state index is 0. The van der Waals surface area contributed by atoms with Crippen molar-refractivity contribution >= 4 is 74.1 Å². The van der Waals surface area contributed by atoms with Crippen LogP contribution in [-0.2, 0) is 100 Å². The molecule has 0 saturated carbocycles. The zero-order valence-electron chi connectivity index (χ0n) is 64.6. The van der Waals surface area contributed by atoms with Gasteiger partial charge in [0.1, 0.15) is 24.6 Å². The van der Waals surface area contributed by atoms with Crippen molar-refractivity contribution in [3.05, 3.63) is 529 Å². The Morgan fingerprint density at radius 2 is 0.347 bits per heavy atom. The molecule has 0 aromatic heterocycles. The average Bonchev–Trinajstić information content (AvgIpc) is 1.54. The van der Waals surface area contributed by atoms with Crippen molar-refractivity contribution in [2.75, 3.05) is 24.6 Å². The maximum Gasteiger partial charge on any atom is 1.00 e. The summed E-state index contributed by atoms with van der Waals surface area (Å²) < 4.78 is 0. The topological polar surface area (TPSA) is 0 Å². The molecule has 0 aliphatic heterocycles. The maximum absolute atomic E-state index is 7.69. The molecule has 0 heterocycles. The molecule has 0 atom stereocenters. The molecule has 16 aromatic carbocycles. The van der Waals surface area contributed by atoms with Crippen molar-refractivity contribution in [2.45, 2.75) is 10.8 Å². The van der Waals surface area contributed by atoms with Gasteiger partial charge in [0.2, 0.25) is 0 Å². The van der Waals surface area contributed by atoms with Gasteiger partial charge in [0.25, 0.3) is 0 Å². The van der Waals surface area contributed by atoms with Gasteiger partial charge in [-0.2, -0.15) is 0 Å². The van der Waals surface area contributed by atoms with Crippen molar-refractivity contribution < 1.29 is 89.5 Å². The van der Waals surface area contributed by atoms with Gasteiger partial charge in [0.05, 0.1) is 85.0 Å². The number of rotatable bonds is 18. The largest absolute Gasteiger partial charge is 1.00 e. The molecule has 0 nitrogen and oxygen atoms in total. The summed E-state index contributed by atoms with van der Waals surface area (Å²) in [5.74, 6) is 10.2. The van der Waals surface area contributed by atoms with Crippen LogP contribution in [0.4, 0.5) is 0 Å². The molecule has 0 radical (unpaired) electrons. The minimum Gasteiger partial charge on any atom is -0.366 e. The molecular formula is C110H84Au4P4+4. The number of hydrogen-bond donors (Lipinski definition) is 0. The van der Waals surface area contributed by atoms with Crippen LogP contribution in [0, 0.1) is 49.4 Å². The fourth-order valence-corrected chi connectivity index (χ4v) is 29.1. The van der Waals surface area contributed by atoms with E-state index in [1.54, 1.807) is 0 Å². The van der Waals surface area contributed by atoms with E-state index in [-0.39, 0.29) is 89.5 Å². The van der Waals surface area contributed by atoms with Crippen LogP contribution in [0.3, 0.4) is 0 Å². The molecule has 18 rings (SSSR count). The Morgan fingerprint density at radius 3 is 0.534 bits per heavy atom. The van der Waals surface area contributed by atoms with Gasteiger partial charge in [-0.25, -0.2) is 0 Å². The van der Waals surface area contributed by atoms with Gasteiger partial charge in [0.15, 0.2) is 0 Å². The van der Waals surface area contributed by atoms with E-state index in [2.05, 4.69) is 400 Å². The molecule has 0 bridgehead atoms. The van der Waals surface area contributed by atoms with Gasteiger partial charge in [-0.1, -0.05) is 291 Å². The molecule has 0 fully saturated rings. The predicted molar refractivity (Wildman–Crippen MR) is 494 cm³/mol. The summed E-state index contributed by atoms with van der Waals surface area (Å²) in [7, 11) is -3.13. The normalized spacial score (nSPS) is 11.7. The SMILES string of the molecule is [Au+].[Au+].[Au+].[Au+].[C-]#Cc1ccc2c(c1)-c1ccc(C#[C-])cc1C2(c1ccccc1)c1ccccc1.[C-]#Cc1ccc2c(c1)-c1ccc(C#[C-])cc1C2(c1ccccc1)c1ccccc1.c1ccc([PH+](CC[PH+](c2ccccc2)c2ccccc2)c2ccccc2)cc1.c1ccc([PH+](CC[PH+](c2ccccc2)c2ccccc2)c2ccccc2)cc1. The summed E-state index contributed by atoms with van der Waals surface area (Å²) in [4.78, 5) is 0. The standard InChI is InChI=1S/2C29H16.2C26H24P2.4Au/c2*1-3-21-16-18-27-26(19-21)25-17-15-22(4-2)20-28(25)29(27,23-11-7-5-8-12-23)24-13-9-6-10-14-24;2*1-5-13-23(14-6-1)27(24-15-7-2-8-16-24)21-22-28(25-17-9-3-10-18-25)26-19-11-4-12-20-26;;;;/h2*5-20H;2*1-20H,21-22H2;;;;/q2*-2;;;4*+1/p+4.